The first-order valence-electron chi connectivity index (χ1n) is 4.80. The highest BCUT2D eigenvalue weighted by atomic mass is 35.5. The average Bonchev–Trinajstić information content (AvgIpc) is 2.29. The van der Waals surface area contributed by atoms with Gasteiger partial charge in [0.25, 0.3) is 0 Å². The van der Waals surface area contributed by atoms with Gasteiger partial charge >= 0.3 is 0 Å². The van der Waals surface area contributed by atoms with Crippen molar-refractivity contribution in [2.75, 3.05) is 5.32 Å². The van der Waals surface area contributed by atoms with Crippen LogP contribution >= 0.6 is 23.2 Å². The molecule has 0 unspecified atom stereocenters. The zero-order valence-electron chi connectivity index (χ0n) is 8.61. The number of halogens is 2. The third-order valence-electron chi connectivity index (χ3n) is 2.17. The number of anilines is 2. The largest absolute Gasteiger partial charge is 0.508 e. The highest BCUT2D eigenvalue weighted by Crippen LogP contribution is 2.35. The van der Waals surface area contributed by atoms with Gasteiger partial charge in [-0.3, -0.25) is 0 Å². The Morgan fingerprint density at radius 2 is 1.35 bits per heavy atom. The molecular weight excluding hydrogens is 261 g/mol. The summed E-state index contributed by atoms with van der Waals surface area (Å²) in [4.78, 5) is 0. The van der Waals surface area contributed by atoms with E-state index in [9.17, 15) is 5.11 Å². The molecule has 0 saturated heterocycles. The quantitative estimate of drug-likeness (QED) is 0.718. The van der Waals surface area contributed by atoms with Gasteiger partial charge in [0.2, 0.25) is 0 Å². The zero-order valence-corrected chi connectivity index (χ0v) is 10.1. The van der Waals surface area contributed by atoms with Gasteiger partial charge in [0.1, 0.15) is 5.75 Å². The number of hydrogen-bond acceptors (Lipinski definition) is 3. The second kappa shape index (κ2) is 4.73. The number of aromatic hydroxyl groups is 2. The summed E-state index contributed by atoms with van der Waals surface area (Å²) in [6.07, 6.45) is 0. The fourth-order valence-electron chi connectivity index (χ4n) is 1.35. The minimum absolute atomic E-state index is 0.135. The number of phenols is 2. The molecule has 0 bridgehead atoms. The lowest BCUT2D eigenvalue weighted by atomic mass is 10.2. The Morgan fingerprint density at radius 3 is 1.88 bits per heavy atom. The topological polar surface area (TPSA) is 52.5 Å². The number of hydrogen-bond donors (Lipinski definition) is 3. The van der Waals surface area contributed by atoms with Crippen LogP contribution in [0.4, 0.5) is 11.4 Å². The summed E-state index contributed by atoms with van der Waals surface area (Å²) in [6.45, 7) is 0. The van der Waals surface area contributed by atoms with Crippen LogP contribution in [-0.4, -0.2) is 10.2 Å². The van der Waals surface area contributed by atoms with Gasteiger partial charge in [-0.2, -0.15) is 0 Å². The Kier molecular flexibility index (Phi) is 3.31. The first kappa shape index (κ1) is 11.9. The SMILES string of the molecule is Oc1ccc(Nc2cc(Cl)c(O)c(Cl)c2)cc1. The molecule has 2 aromatic rings. The monoisotopic (exact) mass is 269 g/mol. The molecule has 3 nitrogen and oxygen atoms in total. The maximum absolute atomic E-state index is 9.41. The molecule has 2 aromatic carbocycles. The van der Waals surface area contributed by atoms with Gasteiger partial charge < -0.3 is 15.5 Å². The fraction of sp³-hybridized carbons (Fsp3) is 0. The van der Waals surface area contributed by atoms with Crippen LogP contribution in [-0.2, 0) is 0 Å². The van der Waals surface area contributed by atoms with E-state index in [2.05, 4.69) is 5.32 Å². The Labute approximate surface area is 108 Å². The zero-order chi connectivity index (χ0) is 12.4. The van der Waals surface area contributed by atoms with Crippen LogP contribution in [0.2, 0.25) is 10.0 Å². The Hall–Kier alpha value is -1.58. The molecule has 88 valence electrons. The minimum Gasteiger partial charge on any atom is -0.508 e. The van der Waals surface area contributed by atoms with Crippen LogP contribution in [0.5, 0.6) is 11.5 Å². The Bertz CT molecular complexity index is 518. The van der Waals surface area contributed by atoms with Crippen LogP contribution in [0.1, 0.15) is 0 Å². The summed E-state index contributed by atoms with van der Waals surface area (Å²) in [5.41, 5.74) is 1.43. The molecule has 0 aromatic heterocycles. The smallest absolute Gasteiger partial charge is 0.152 e. The van der Waals surface area contributed by atoms with Gasteiger partial charge in [-0.05, 0) is 36.4 Å². The second-order valence-corrected chi connectivity index (χ2v) is 4.27. The molecule has 0 heterocycles. The van der Waals surface area contributed by atoms with E-state index in [1.54, 1.807) is 36.4 Å². The van der Waals surface area contributed by atoms with E-state index in [0.717, 1.165) is 5.69 Å². The summed E-state index contributed by atoms with van der Waals surface area (Å²) in [5, 5.41) is 22.0. The summed E-state index contributed by atoms with van der Waals surface area (Å²) in [5.74, 6) is 0.0573. The van der Waals surface area contributed by atoms with Crippen molar-refractivity contribution in [2.45, 2.75) is 0 Å². The molecule has 0 aliphatic carbocycles. The third kappa shape index (κ3) is 2.75. The predicted octanol–water partition coefficient (Wildman–Crippen LogP) is 4.15. The van der Waals surface area contributed by atoms with E-state index in [4.69, 9.17) is 28.3 Å². The van der Waals surface area contributed by atoms with E-state index < -0.39 is 0 Å². The molecule has 0 amide bonds. The van der Waals surface area contributed by atoms with Crippen molar-refractivity contribution in [3.8, 4) is 11.5 Å². The van der Waals surface area contributed by atoms with Gasteiger partial charge in [-0.25, -0.2) is 0 Å². The van der Waals surface area contributed by atoms with Crippen molar-refractivity contribution in [2.24, 2.45) is 0 Å². The molecule has 0 saturated carbocycles. The number of benzene rings is 2. The highest BCUT2D eigenvalue weighted by Gasteiger charge is 2.06. The molecule has 3 N–H and O–H groups in total. The molecule has 0 aliphatic heterocycles. The molecule has 17 heavy (non-hydrogen) atoms. The number of rotatable bonds is 2. The standard InChI is InChI=1S/C12H9Cl2NO2/c13-10-5-8(6-11(14)12(10)17)15-7-1-3-9(16)4-2-7/h1-6,15-17H. The summed E-state index contributed by atoms with van der Waals surface area (Å²) in [6, 6.07) is 9.68. The second-order valence-electron chi connectivity index (χ2n) is 3.46. The highest BCUT2D eigenvalue weighted by molar-refractivity contribution is 6.37. The van der Waals surface area contributed by atoms with Gasteiger partial charge in [-0.15, -0.1) is 0 Å². The maximum atomic E-state index is 9.41. The van der Waals surface area contributed by atoms with Crippen LogP contribution in [0.3, 0.4) is 0 Å². The summed E-state index contributed by atoms with van der Waals surface area (Å²) >= 11 is 11.6. The first-order valence-corrected chi connectivity index (χ1v) is 5.56. The maximum Gasteiger partial charge on any atom is 0.152 e. The third-order valence-corrected chi connectivity index (χ3v) is 2.75. The van der Waals surface area contributed by atoms with E-state index in [1.165, 1.54) is 0 Å². The molecule has 5 heteroatoms. The summed E-state index contributed by atoms with van der Waals surface area (Å²) in [7, 11) is 0. The van der Waals surface area contributed by atoms with Crippen molar-refractivity contribution in [3.63, 3.8) is 0 Å². The molecule has 0 spiro atoms. The lowest BCUT2D eigenvalue weighted by Crippen LogP contribution is -1.90. The van der Waals surface area contributed by atoms with Crippen molar-refractivity contribution < 1.29 is 10.2 Å². The van der Waals surface area contributed by atoms with Crippen LogP contribution in [0.15, 0.2) is 36.4 Å². The van der Waals surface area contributed by atoms with Crippen LogP contribution < -0.4 is 5.32 Å². The van der Waals surface area contributed by atoms with Crippen LogP contribution in [0, 0.1) is 0 Å². The van der Waals surface area contributed by atoms with E-state index >= 15 is 0 Å². The minimum atomic E-state index is -0.135. The van der Waals surface area contributed by atoms with Crippen molar-refractivity contribution in [1.82, 2.24) is 0 Å². The summed E-state index contributed by atoms with van der Waals surface area (Å²) < 4.78 is 0. The van der Waals surface area contributed by atoms with Gasteiger partial charge in [0.15, 0.2) is 5.75 Å². The lowest BCUT2D eigenvalue weighted by Gasteiger charge is -2.08. The Morgan fingerprint density at radius 1 is 0.824 bits per heavy atom. The Balaban J connectivity index is 2.27. The van der Waals surface area contributed by atoms with Gasteiger partial charge in [0, 0.05) is 11.4 Å². The molecular formula is C12H9Cl2NO2. The molecule has 2 rings (SSSR count). The molecule has 0 aliphatic rings. The van der Waals surface area contributed by atoms with Crippen molar-refractivity contribution >= 4 is 34.6 Å². The lowest BCUT2D eigenvalue weighted by molar-refractivity contribution is 0.475. The normalized spacial score (nSPS) is 10.2. The number of nitrogens with one attached hydrogen (secondary N) is 1. The van der Waals surface area contributed by atoms with Gasteiger partial charge in [0.05, 0.1) is 10.0 Å². The van der Waals surface area contributed by atoms with Crippen molar-refractivity contribution in [1.29, 1.82) is 0 Å². The van der Waals surface area contributed by atoms with Crippen molar-refractivity contribution in [3.05, 3.63) is 46.4 Å². The van der Waals surface area contributed by atoms with Crippen LogP contribution in [0.25, 0.3) is 0 Å². The van der Waals surface area contributed by atoms with E-state index in [-0.39, 0.29) is 21.5 Å². The fourth-order valence-corrected chi connectivity index (χ4v) is 1.84. The van der Waals surface area contributed by atoms with E-state index in [0.29, 0.717) is 5.69 Å². The predicted molar refractivity (Wildman–Crippen MR) is 69.5 cm³/mol. The molecule has 0 fully saturated rings. The van der Waals surface area contributed by atoms with E-state index in [1.807, 2.05) is 0 Å². The molecule has 0 radical (unpaired) electrons. The number of phenolic OH excluding ortho intramolecular Hbond substituents is 2. The first-order chi connectivity index (χ1) is 8.06. The average molecular weight is 270 g/mol. The molecule has 0 atom stereocenters. The van der Waals surface area contributed by atoms with Gasteiger partial charge in [-0.1, -0.05) is 23.2 Å².